The smallest absolute Gasteiger partial charge is 0.331 e. The molecule has 0 unspecified atom stereocenters. The molecule has 0 aliphatic heterocycles. The van der Waals surface area contributed by atoms with Gasteiger partial charge < -0.3 is 14.8 Å². The van der Waals surface area contributed by atoms with Crippen molar-refractivity contribution in [2.24, 2.45) is 0 Å². The van der Waals surface area contributed by atoms with Gasteiger partial charge in [-0.2, -0.15) is 0 Å². The van der Waals surface area contributed by atoms with Gasteiger partial charge in [-0.3, -0.25) is 4.79 Å². The van der Waals surface area contributed by atoms with Crippen LogP contribution in [-0.4, -0.2) is 25.6 Å². The zero-order chi connectivity index (χ0) is 19.1. The number of anilines is 1. The Hall–Kier alpha value is -2.79. The first-order valence-electron chi connectivity index (χ1n) is 7.95. The minimum atomic E-state index is -0.627. The van der Waals surface area contributed by atoms with Gasteiger partial charge in [0, 0.05) is 11.6 Å². The predicted octanol–water partition coefficient (Wildman–Crippen LogP) is 4.16. The van der Waals surface area contributed by atoms with Gasteiger partial charge in [0.2, 0.25) is 0 Å². The molecule has 1 N–H and O–H groups in total. The van der Waals surface area contributed by atoms with E-state index in [2.05, 4.69) is 5.32 Å². The van der Waals surface area contributed by atoms with Gasteiger partial charge in [0.05, 0.1) is 17.8 Å². The van der Waals surface area contributed by atoms with E-state index in [-0.39, 0.29) is 0 Å². The molecule has 0 atom stereocenters. The molecule has 0 fully saturated rings. The third-order valence-electron chi connectivity index (χ3n) is 3.58. The van der Waals surface area contributed by atoms with E-state index in [1.165, 1.54) is 6.08 Å². The topological polar surface area (TPSA) is 64.6 Å². The van der Waals surface area contributed by atoms with Crippen LogP contribution >= 0.6 is 11.6 Å². The van der Waals surface area contributed by atoms with Gasteiger partial charge in [0.25, 0.3) is 5.91 Å². The Labute approximate surface area is 157 Å². The number of hydrogen-bond donors (Lipinski definition) is 1. The second-order valence-electron chi connectivity index (χ2n) is 5.67. The van der Waals surface area contributed by atoms with Crippen LogP contribution < -0.4 is 10.1 Å². The van der Waals surface area contributed by atoms with Crippen LogP contribution in [0.15, 0.2) is 42.5 Å². The zero-order valence-electron chi connectivity index (χ0n) is 14.8. The van der Waals surface area contributed by atoms with Gasteiger partial charge in [0.1, 0.15) is 5.75 Å². The highest BCUT2D eigenvalue weighted by atomic mass is 35.5. The summed E-state index contributed by atoms with van der Waals surface area (Å²) in [7, 11) is 1.55. The zero-order valence-corrected chi connectivity index (χ0v) is 15.6. The van der Waals surface area contributed by atoms with Crippen molar-refractivity contribution in [3.8, 4) is 5.75 Å². The summed E-state index contributed by atoms with van der Waals surface area (Å²) in [4.78, 5) is 23.8. The maximum Gasteiger partial charge on any atom is 0.331 e. The summed E-state index contributed by atoms with van der Waals surface area (Å²) in [6.07, 6.45) is 2.81. The Balaban J connectivity index is 1.91. The molecule has 0 aromatic heterocycles. The summed E-state index contributed by atoms with van der Waals surface area (Å²) >= 11 is 6.14. The number of nitrogens with one attached hydrogen (secondary N) is 1. The fraction of sp³-hybridized carbons (Fsp3) is 0.200. The molecule has 2 rings (SSSR count). The largest absolute Gasteiger partial charge is 0.496 e. The normalized spacial score (nSPS) is 10.6. The van der Waals surface area contributed by atoms with E-state index in [0.29, 0.717) is 16.5 Å². The quantitative estimate of drug-likeness (QED) is 0.610. The molecule has 2 aromatic carbocycles. The number of benzene rings is 2. The molecule has 26 heavy (non-hydrogen) atoms. The van der Waals surface area contributed by atoms with Gasteiger partial charge >= 0.3 is 5.97 Å². The fourth-order valence-electron chi connectivity index (χ4n) is 2.40. The molecule has 0 aliphatic rings. The molecule has 0 aliphatic carbocycles. The number of amides is 1. The third kappa shape index (κ3) is 5.36. The summed E-state index contributed by atoms with van der Waals surface area (Å²) < 4.78 is 10.1. The minimum Gasteiger partial charge on any atom is -0.496 e. The maximum atomic E-state index is 12.0. The van der Waals surface area contributed by atoms with E-state index < -0.39 is 18.5 Å². The van der Waals surface area contributed by atoms with Crippen molar-refractivity contribution in [2.75, 3.05) is 19.0 Å². The van der Waals surface area contributed by atoms with Crippen LogP contribution in [0.5, 0.6) is 5.75 Å². The van der Waals surface area contributed by atoms with E-state index in [9.17, 15) is 9.59 Å². The molecule has 0 saturated heterocycles. The number of carbonyl (C=O) groups excluding carboxylic acids is 2. The van der Waals surface area contributed by atoms with Crippen molar-refractivity contribution in [2.45, 2.75) is 13.8 Å². The van der Waals surface area contributed by atoms with E-state index in [0.717, 1.165) is 16.7 Å². The lowest BCUT2D eigenvalue weighted by Crippen LogP contribution is -2.20. The van der Waals surface area contributed by atoms with Crippen molar-refractivity contribution in [3.63, 3.8) is 0 Å². The molecule has 1 amide bonds. The monoisotopic (exact) mass is 373 g/mol. The Kier molecular flexibility index (Phi) is 6.81. The highest BCUT2D eigenvalue weighted by Gasteiger charge is 2.11. The summed E-state index contributed by atoms with van der Waals surface area (Å²) in [5.41, 5.74) is 3.09. The van der Waals surface area contributed by atoms with Crippen molar-refractivity contribution in [1.82, 2.24) is 0 Å². The lowest BCUT2D eigenvalue weighted by molar-refractivity contribution is -0.142. The first-order chi connectivity index (χ1) is 12.4. The second-order valence-corrected chi connectivity index (χ2v) is 6.08. The van der Waals surface area contributed by atoms with Crippen LogP contribution in [0.2, 0.25) is 5.02 Å². The number of methoxy groups -OCH3 is 1. The number of rotatable bonds is 6. The molecule has 2 aromatic rings. The highest BCUT2D eigenvalue weighted by molar-refractivity contribution is 6.34. The highest BCUT2D eigenvalue weighted by Crippen LogP contribution is 2.27. The molecular formula is C20H20ClNO4. The Morgan fingerprint density at radius 1 is 1.19 bits per heavy atom. The van der Waals surface area contributed by atoms with Gasteiger partial charge in [-0.15, -0.1) is 0 Å². The molecule has 6 heteroatoms. The van der Waals surface area contributed by atoms with Crippen LogP contribution in [0.4, 0.5) is 5.69 Å². The minimum absolute atomic E-state index is 0.404. The molecule has 0 saturated carbocycles. The van der Waals surface area contributed by atoms with E-state index in [4.69, 9.17) is 21.1 Å². The van der Waals surface area contributed by atoms with Crippen molar-refractivity contribution in [1.29, 1.82) is 0 Å². The van der Waals surface area contributed by atoms with Gasteiger partial charge in [0.15, 0.2) is 6.61 Å². The summed E-state index contributed by atoms with van der Waals surface area (Å²) in [6.45, 7) is 3.36. The van der Waals surface area contributed by atoms with Gasteiger partial charge in [-0.1, -0.05) is 35.9 Å². The molecule has 0 bridgehead atoms. The van der Waals surface area contributed by atoms with Crippen LogP contribution in [-0.2, 0) is 14.3 Å². The van der Waals surface area contributed by atoms with Crippen molar-refractivity contribution >= 4 is 35.2 Å². The predicted molar refractivity (Wildman–Crippen MR) is 103 cm³/mol. The lowest BCUT2D eigenvalue weighted by Gasteiger charge is -2.11. The number of esters is 1. The van der Waals surface area contributed by atoms with Crippen LogP contribution in [0.25, 0.3) is 6.08 Å². The summed E-state index contributed by atoms with van der Waals surface area (Å²) in [5, 5.41) is 3.10. The van der Waals surface area contributed by atoms with Gasteiger partial charge in [-0.25, -0.2) is 4.79 Å². The van der Waals surface area contributed by atoms with Crippen LogP contribution in [0.3, 0.4) is 0 Å². The summed E-state index contributed by atoms with van der Waals surface area (Å²) in [5.74, 6) is -0.450. The Morgan fingerprint density at radius 3 is 2.62 bits per heavy atom. The Bertz CT molecular complexity index is 822. The first kappa shape index (κ1) is 19.5. The first-order valence-corrected chi connectivity index (χ1v) is 8.33. The lowest BCUT2D eigenvalue weighted by atomic mass is 10.1. The molecule has 5 nitrogen and oxygen atoms in total. The number of para-hydroxylation sites is 1. The van der Waals surface area contributed by atoms with E-state index in [1.807, 2.05) is 32.0 Å². The van der Waals surface area contributed by atoms with Crippen LogP contribution in [0, 0.1) is 13.8 Å². The molecule has 136 valence electrons. The number of carbonyl (C=O) groups is 2. The number of halogens is 1. The SMILES string of the molecule is COc1ccccc1/C=C/C(=O)OCC(=O)Nc1c(C)cc(C)cc1Cl. The molecule has 0 radical (unpaired) electrons. The molecular weight excluding hydrogens is 354 g/mol. The maximum absolute atomic E-state index is 12.0. The standard InChI is InChI=1S/C20H20ClNO4/c1-13-10-14(2)20(16(21)11-13)22-18(23)12-26-19(24)9-8-15-6-4-5-7-17(15)25-3/h4-11H,12H2,1-3H3,(H,22,23)/b9-8+. The number of ether oxygens (including phenoxy) is 2. The van der Waals surface area contributed by atoms with Crippen molar-refractivity contribution < 1.29 is 19.1 Å². The average molecular weight is 374 g/mol. The van der Waals surface area contributed by atoms with Crippen molar-refractivity contribution in [3.05, 3.63) is 64.2 Å². The van der Waals surface area contributed by atoms with Crippen LogP contribution in [0.1, 0.15) is 16.7 Å². The molecule has 0 spiro atoms. The molecule has 0 heterocycles. The third-order valence-corrected chi connectivity index (χ3v) is 3.88. The second kappa shape index (κ2) is 9.06. The van der Waals surface area contributed by atoms with Gasteiger partial charge in [-0.05, 0) is 43.2 Å². The van der Waals surface area contributed by atoms with E-state index >= 15 is 0 Å². The number of hydrogen-bond acceptors (Lipinski definition) is 4. The fourth-order valence-corrected chi connectivity index (χ4v) is 2.76. The Morgan fingerprint density at radius 2 is 1.92 bits per heavy atom. The van der Waals surface area contributed by atoms with E-state index in [1.54, 1.807) is 31.4 Å². The number of aryl methyl sites for hydroxylation is 2. The summed E-state index contributed by atoms with van der Waals surface area (Å²) in [6, 6.07) is 10.9. The average Bonchev–Trinajstić information content (AvgIpc) is 2.61.